The Morgan fingerprint density at radius 2 is 1.71 bits per heavy atom. The van der Waals surface area contributed by atoms with Gasteiger partial charge in [-0.2, -0.15) is 0 Å². The first-order valence-electron chi connectivity index (χ1n) is 7.73. The summed E-state index contributed by atoms with van der Waals surface area (Å²) in [7, 11) is 0. The number of carbonyl (C=O) groups is 2. The first kappa shape index (κ1) is 16.0. The van der Waals surface area contributed by atoms with E-state index in [9.17, 15) is 14.0 Å². The number of benzene rings is 1. The molecule has 0 spiro atoms. The molecule has 1 N–H and O–H groups in total. The highest BCUT2D eigenvalue weighted by atomic mass is 19.1. The summed E-state index contributed by atoms with van der Waals surface area (Å²) in [5, 5.41) is 2.97. The van der Waals surface area contributed by atoms with Gasteiger partial charge in [-0.3, -0.25) is 9.59 Å². The molecule has 1 fully saturated rings. The van der Waals surface area contributed by atoms with E-state index in [4.69, 9.17) is 4.42 Å². The number of piperazine rings is 1. The minimum atomic E-state index is -0.316. The smallest absolute Gasteiger partial charge is 0.289 e. The number of halogens is 1. The Labute approximate surface area is 138 Å². The first-order chi connectivity index (χ1) is 11.6. The number of amides is 2. The number of nitrogens with zero attached hydrogens (tertiary/aromatic N) is 2. The van der Waals surface area contributed by atoms with E-state index in [1.165, 1.54) is 18.4 Å². The average molecular weight is 331 g/mol. The monoisotopic (exact) mass is 331 g/mol. The van der Waals surface area contributed by atoms with Gasteiger partial charge in [0.05, 0.1) is 12.8 Å². The second-order valence-electron chi connectivity index (χ2n) is 5.51. The maximum absolute atomic E-state index is 12.8. The van der Waals surface area contributed by atoms with Crippen molar-refractivity contribution in [3.8, 4) is 0 Å². The molecule has 1 aromatic heterocycles. The fourth-order valence-corrected chi connectivity index (χ4v) is 2.57. The van der Waals surface area contributed by atoms with Crippen LogP contribution in [0.3, 0.4) is 0 Å². The van der Waals surface area contributed by atoms with E-state index in [0.29, 0.717) is 37.6 Å². The molecule has 126 valence electrons. The number of hydrogen-bond donors (Lipinski definition) is 1. The van der Waals surface area contributed by atoms with Gasteiger partial charge in [0.25, 0.3) is 5.91 Å². The molecule has 0 radical (unpaired) electrons. The number of hydrogen-bond acceptors (Lipinski definition) is 4. The summed E-state index contributed by atoms with van der Waals surface area (Å²) in [6.45, 7) is 2.05. The van der Waals surface area contributed by atoms with E-state index in [1.54, 1.807) is 34.1 Å². The topological polar surface area (TPSA) is 65.8 Å². The van der Waals surface area contributed by atoms with Crippen LogP contribution in [0, 0.1) is 5.82 Å². The van der Waals surface area contributed by atoms with Gasteiger partial charge < -0.3 is 19.5 Å². The fraction of sp³-hybridized carbons (Fsp3) is 0.294. The molecule has 0 unspecified atom stereocenters. The van der Waals surface area contributed by atoms with Crippen molar-refractivity contribution in [3.63, 3.8) is 0 Å². The van der Waals surface area contributed by atoms with Crippen molar-refractivity contribution in [3.05, 3.63) is 54.2 Å². The Bertz CT molecular complexity index is 692. The zero-order valence-corrected chi connectivity index (χ0v) is 13.1. The molecule has 0 saturated carbocycles. The fourth-order valence-electron chi connectivity index (χ4n) is 2.57. The molecule has 0 aliphatic carbocycles. The van der Waals surface area contributed by atoms with Gasteiger partial charge in [0.2, 0.25) is 5.91 Å². The largest absolute Gasteiger partial charge is 0.459 e. The number of carbonyl (C=O) groups excluding carboxylic acids is 2. The normalized spacial score (nSPS) is 14.5. The van der Waals surface area contributed by atoms with E-state index in [0.717, 1.165) is 0 Å². The van der Waals surface area contributed by atoms with E-state index in [1.807, 2.05) is 0 Å². The predicted molar refractivity (Wildman–Crippen MR) is 86.1 cm³/mol. The number of anilines is 1. The molecule has 1 saturated heterocycles. The van der Waals surface area contributed by atoms with Gasteiger partial charge in [-0.15, -0.1) is 0 Å². The van der Waals surface area contributed by atoms with Crippen LogP contribution in [-0.4, -0.2) is 54.3 Å². The Kier molecular flexibility index (Phi) is 4.79. The van der Waals surface area contributed by atoms with Crippen LogP contribution in [0.25, 0.3) is 0 Å². The molecule has 6 nitrogen and oxygen atoms in total. The Hall–Kier alpha value is -2.83. The maximum Gasteiger partial charge on any atom is 0.289 e. The highest BCUT2D eigenvalue weighted by Gasteiger charge is 2.25. The molecule has 24 heavy (non-hydrogen) atoms. The second kappa shape index (κ2) is 7.16. The van der Waals surface area contributed by atoms with Crippen molar-refractivity contribution >= 4 is 17.5 Å². The van der Waals surface area contributed by atoms with Gasteiger partial charge in [-0.25, -0.2) is 4.39 Å². The van der Waals surface area contributed by atoms with Crippen LogP contribution in [0.4, 0.5) is 10.1 Å². The Balaban J connectivity index is 1.46. The Morgan fingerprint density at radius 3 is 2.33 bits per heavy atom. The standard InChI is InChI=1S/C17H18FN3O3/c18-13-3-5-14(6-4-13)19-12-16(22)20-7-9-21(10-8-20)17(23)15-2-1-11-24-15/h1-6,11,19H,7-10,12H2. The third kappa shape index (κ3) is 3.73. The van der Waals surface area contributed by atoms with Gasteiger partial charge >= 0.3 is 0 Å². The lowest BCUT2D eigenvalue weighted by Crippen LogP contribution is -2.51. The van der Waals surface area contributed by atoms with Crippen LogP contribution < -0.4 is 5.32 Å². The van der Waals surface area contributed by atoms with Crippen LogP contribution in [0.15, 0.2) is 47.1 Å². The summed E-state index contributed by atoms with van der Waals surface area (Å²) in [4.78, 5) is 27.8. The van der Waals surface area contributed by atoms with Gasteiger partial charge in [-0.1, -0.05) is 0 Å². The molecule has 2 amide bonds. The van der Waals surface area contributed by atoms with Crippen LogP contribution in [0.1, 0.15) is 10.6 Å². The van der Waals surface area contributed by atoms with E-state index in [-0.39, 0.29) is 24.2 Å². The van der Waals surface area contributed by atoms with E-state index < -0.39 is 0 Å². The van der Waals surface area contributed by atoms with Crippen molar-refractivity contribution in [2.24, 2.45) is 0 Å². The van der Waals surface area contributed by atoms with Crippen LogP contribution >= 0.6 is 0 Å². The zero-order valence-electron chi connectivity index (χ0n) is 13.1. The van der Waals surface area contributed by atoms with E-state index in [2.05, 4.69) is 5.32 Å². The lowest BCUT2D eigenvalue weighted by molar-refractivity contribution is -0.130. The molecule has 7 heteroatoms. The maximum atomic E-state index is 12.8. The SMILES string of the molecule is O=C(CNc1ccc(F)cc1)N1CCN(C(=O)c2ccco2)CC1. The van der Waals surface area contributed by atoms with Crippen molar-refractivity contribution in [1.29, 1.82) is 0 Å². The molecule has 2 heterocycles. The molecular weight excluding hydrogens is 313 g/mol. The van der Waals surface area contributed by atoms with Crippen LogP contribution in [0.5, 0.6) is 0 Å². The van der Waals surface area contributed by atoms with E-state index >= 15 is 0 Å². The number of nitrogens with one attached hydrogen (secondary N) is 1. The lowest BCUT2D eigenvalue weighted by atomic mass is 10.2. The molecule has 1 aliphatic rings. The summed E-state index contributed by atoms with van der Waals surface area (Å²) < 4.78 is 17.9. The highest BCUT2D eigenvalue weighted by molar-refractivity contribution is 5.91. The van der Waals surface area contributed by atoms with Gasteiger partial charge in [0.1, 0.15) is 5.82 Å². The van der Waals surface area contributed by atoms with Crippen molar-refractivity contribution < 1.29 is 18.4 Å². The molecule has 2 aromatic rings. The van der Waals surface area contributed by atoms with Crippen molar-refractivity contribution in [1.82, 2.24) is 9.80 Å². The molecule has 1 aromatic carbocycles. The molecule has 0 atom stereocenters. The van der Waals surface area contributed by atoms with Crippen LogP contribution in [0.2, 0.25) is 0 Å². The van der Waals surface area contributed by atoms with Crippen molar-refractivity contribution in [2.45, 2.75) is 0 Å². The Morgan fingerprint density at radius 1 is 1.04 bits per heavy atom. The average Bonchev–Trinajstić information content (AvgIpc) is 3.15. The lowest BCUT2D eigenvalue weighted by Gasteiger charge is -2.34. The summed E-state index contributed by atoms with van der Waals surface area (Å²) in [6, 6.07) is 9.16. The quantitative estimate of drug-likeness (QED) is 0.928. The summed E-state index contributed by atoms with van der Waals surface area (Å²) in [6.07, 6.45) is 1.47. The highest BCUT2D eigenvalue weighted by Crippen LogP contribution is 2.11. The van der Waals surface area contributed by atoms with Gasteiger partial charge in [-0.05, 0) is 36.4 Å². The summed E-state index contributed by atoms with van der Waals surface area (Å²) in [5.41, 5.74) is 0.691. The molecule has 0 bridgehead atoms. The van der Waals surface area contributed by atoms with Crippen molar-refractivity contribution in [2.75, 3.05) is 38.0 Å². The van der Waals surface area contributed by atoms with Gasteiger partial charge in [0, 0.05) is 31.9 Å². The zero-order chi connectivity index (χ0) is 16.9. The van der Waals surface area contributed by atoms with Gasteiger partial charge in [0.15, 0.2) is 5.76 Å². The minimum Gasteiger partial charge on any atom is -0.459 e. The third-order valence-electron chi connectivity index (χ3n) is 3.94. The molecule has 1 aliphatic heterocycles. The third-order valence-corrected chi connectivity index (χ3v) is 3.94. The molecular formula is C17H18FN3O3. The second-order valence-corrected chi connectivity index (χ2v) is 5.51. The number of rotatable bonds is 4. The van der Waals surface area contributed by atoms with Crippen LogP contribution in [-0.2, 0) is 4.79 Å². The summed E-state index contributed by atoms with van der Waals surface area (Å²) in [5.74, 6) is -0.210. The minimum absolute atomic E-state index is 0.0515. The first-order valence-corrected chi connectivity index (χ1v) is 7.73. The number of furan rings is 1. The predicted octanol–water partition coefficient (Wildman–Crippen LogP) is 1.82. The summed E-state index contributed by atoms with van der Waals surface area (Å²) >= 11 is 0. The molecule has 3 rings (SSSR count).